The molecule has 2 rings (SSSR count). The Labute approximate surface area is 103 Å². The van der Waals surface area contributed by atoms with Gasteiger partial charge in [0.05, 0.1) is 5.92 Å². The molecule has 102 valence electrons. The molecule has 5 nitrogen and oxygen atoms in total. The lowest BCUT2D eigenvalue weighted by atomic mass is 10.1. The summed E-state index contributed by atoms with van der Waals surface area (Å²) in [4.78, 5) is 23.5. The number of carbonyl (C=O) groups excluding carboxylic acids is 1. The maximum absolute atomic E-state index is 13.3. The number of likely N-dealkylation sites (tertiary alicyclic amines) is 1. The molecule has 2 aliphatic rings. The molecule has 3 atom stereocenters. The lowest BCUT2D eigenvalue weighted by molar-refractivity contribution is -0.143. The molecule has 1 amide bonds. The zero-order chi connectivity index (χ0) is 13.9. The van der Waals surface area contributed by atoms with Gasteiger partial charge in [0.2, 0.25) is 0 Å². The number of halogens is 2. The number of hydrogen-bond acceptors (Lipinski definition) is 3. The monoisotopic (exact) mass is 263 g/mol. The van der Waals surface area contributed by atoms with Crippen molar-refractivity contribution < 1.29 is 28.2 Å². The SMILES string of the molecule is CC(C)(C)OC(=O)N1[C@@H](C(=O)O)C[C@H]2[C@@H]1C2(F)F. The van der Waals surface area contributed by atoms with E-state index in [1.165, 1.54) is 0 Å². The first-order chi connectivity index (χ1) is 8.05. The molecule has 18 heavy (non-hydrogen) atoms. The number of piperidine rings is 1. The third kappa shape index (κ3) is 1.91. The molecule has 0 unspecified atom stereocenters. The maximum atomic E-state index is 13.3. The first kappa shape index (κ1) is 13.0. The first-order valence-corrected chi connectivity index (χ1v) is 5.67. The van der Waals surface area contributed by atoms with Gasteiger partial charge in [-0.15, -0.1) is 0 Å². The Morgan fingerprint density at radius 1 is 1.39 bits per heavy atom. The van der Waals surface area contributed by atoms with Crippen LogP contribution in [0.3, 0.4) is 0 Å². The van der Waals surface area contributed by atoms with Crippen molar-refractivity contribution in [2.45, 2.75) is 50.8 Å². The predicted octanol–water partition coefficient (Wildman–Crippen LogP) is 1.71. The van der Waals surface area contributed by atoms with Crippen molar-refractivity contribution in [1.29, 1.82) is 0 Å². The van der Waals surface area contributed by atoms with E-state index in [0.717, 1.165) is 0 Å². The lowest BCUT2D eigenvalue weighted by Gasteiger charge is -2.29. The van der Waals surface area contributed by atoms with Gasteiger partial charge in [-0.2, -0.15) is 0 Å². The molecular weight excluding hydrogens is 248 g/mol. The summed E-state index contributed by atoms with van der Waals surface area (Å²) in [6.45, 7) is 4.79. The van der Waals surface area contributed by atoms with Crippen molar-refractivity contribution in [2.24, 2.45) is 5.92 Å². The van der Waals surface area contributed by atoms with Crippen LogP contribution in [-0.2, 0) is 9.53 Å². The number of carbonyl (C=O) groups is 2. The molecule has 1 saturated heterocycles. The van der Waals surface area contributed by atoms with Gasteiger partial charge in [-0.3, -0.25) is 4.90 Å². The molecule has 0 aromatic rings. The van der Waals surface area contributed by atoms with Crippen LogP contribution in [0.5, 0.6) is 0 Å². The third-order valence-electron chi connectivity index (χ3n) is 3.16. The summed E-state index contributed by atoms with van der Waals surface area (Å²) < 4.78 is 31.5. The maximum Gasteiger partial charge on any atom is 0.411 e. The average Bonchev–Trinajstić information content (AvgIpc) is 2.59. The van der Waals surface area contributed by atoms with Gasteiger partial charge < -0.3 is 9.84 Å². The van der Waals surface area contributed by atoms with Crippen LogP contribution in [0.1, 0.15) is 27.2 Å². The molecular formula is C11H15F2NO4. The average molecular weight is 263 g/mol. The van der Waals surface area contributed by atoms with Crippen LogP contribution in [0.15, 0.2) is 0 Å². The number of hydrogen-bond donors (Lipinski definition) is 1. The molecule has 1 aliphatic carbocycles. The predicted molar refractivity (Wildman–Crippen MR) is 56.3 cm³/mol. The van der Waals surface area contributed by atoms with E-state index in [0.29, 0.717) is 4.90 Å². The fraction of sp³-hybridized carbons (Fsp3) is 0.818. The largest absolute Gasteiger partial charge is 0.480 e. The summed E-state index contributed by atoms with van der Waals surface area (Å²) >= 11 is 0. The van der Waals surface area contributed by atoms with E-state index in [4.69, 9.17) is 9.84 Å². The highest BCUT2D eigenvalue weighted by Crippen LogP contribution is 2.60. The fourth-order valence-corrected chi connectivity index (χ4v) is 2.36. The molecule has 7 heteroatoms. The van der Waals surface area contributed by atoms with Crippen LogP contribution < -0.4 is 0 Å². The number of nitrogens with zero attached hydrogens (tertiary/aromatic N) is 1. The second kappa shape index (κ2) is 3.55. The van der Waals surface area contributed by atoms with E-state index in [-0.39, 0.29) is 6.42 Å². The standard InChI is InChI=1S/C11H15F2NO4/c1-10(2,3)18-9(17)14-6(8(15)16)4-5-7(14)11(5,12)13/h5-7H,4H2,1-3H3,(H,15,16)/t5-,6+,7+/m0/s1. The number of rotatable bonds is 1. The number of alkyl halides is 2. The highest BCUT2D eigenvalue weighted by Gasteiger charge is 2.78. The van der Waals surface area contributed by atoms with Crippen LogP contribution in [0.4, 0.5) is 13.6 Å². The van der Waals surface area contributed by atoms with E-state index in [1.54, 1.807) is 20.8 Å². The molecule has 2 fully saturated rings. The van der Waals surface area contributed by atoms with Gasteiger partial charge in [0, 0.05) is 0 Å². The van der Waals surface area contributed by atoms with Crippen molar-refractivity contribution in [3.8, 4) is 0 Å². The van der Waals surface area contributed by atoms with Crippen molar-refractivity contribution >= 4 is 12.1 Å². The second-order valence-electron chi connectivity index (χ2n) is 5.70. The van der Waals surface area contributed by atoms with Crippen LogP contribution in [0.25, 0.3) is 0 Å². The summed E-state index contributed by atoms with van der Waals surface area (Å²) in [5.74, 6) is -5.31. The van der Waals surface area contributed by atoms with Crippen molar-refractivity contribution in [1.82, 2.24) is 4.90 Å². The topological polar surface area (TPSA) is 66.8 Å². The van der Waals surface area contributed by atoms with Crippen LogP contribution in [-0.4, -0.2) is 45.7 Å². The minimum Gasteiger partial charge on any atom is -0.480 e. The fourth-order valence-electron chi connectivity index (χ4n) is 2.36. The summed E-state index contributed by atoms with van der Waals surface area (Å²) in [6, 6.07) is -2.54. The zero-order valence-electron chi connectivity index (χ0n) is 10.3. The number of amides is 1. The Balaban J connectivity index is 2.17. The number of carboxylic acids is 1. The summed E-state index contributed by atoms with van der Waals surface area (Å²) in [5.41, 5.74) is -0.845. The van der Waals surface area contributed by atoms with Gasteiger partial charge in [0.15, 0.2) is 0 Å². The van der Waals surface area contributed by atoms with Crippen molar-refractivity contribution in [3.05, 3.63) is 0 Å². The van der Waals surface area contributed by atoms with E-state index in [1.807, 2.05) is 0 Å². The Morgan fingerprint density at radius 3 is 2.39 bits per heavy atom. The summed E-state index contributed by atoms with van der Waals surface area (Å²) in [7, 11) is 0. The quantitative estimate of drug-likeness (QED) is 0.782. The van der Waals surface area contributed by atoms with Crippen LogP contribution >= 0.6 is 0 Å². The van der Waals surface area contributed by atoms with Gasteiger partial charge in [0.25, 0.3) is 5.92 Å². The smallest absolute Gasteiger partial charge is 0.411 e. The molecule has 1 aliphatic heterocycles. The van der Waals surface area contributed by atoms with Gasteiger partial charge in [-0.25, -0.2) is 18.4 Å². The van der Waals surface area contributed by atoms with Gasteiger partial charge in [0.1, 0.15) is 17.7 Å². The summed E-state index contributed by atoms with van der Waals surface area (Å²) in [6.07, 6.45) is -1.20. The molecule has 0 radical (unpaired) electrons. The van der Waals surface area contributed by atoms with E-state index in [9.17, 15) is 18.4 Å². The van der Waals surface area contributed by atoms with Gasteiger partial charge >= 0.3 is 12.1 Å². The number of fused-ring (bicyclic) bond motifs is 1. The molecule has 0 aromatic carbocycles. The zero-order valence-corrected chi connectivity index (χ0v) is 10.3. The molecule has 0 aromatic heterocycles. The van der Waals surface area contributed by atoms with Crippen molar-refractivity contribution in [2.75, 3.05) is 0 Å². The molecule has 0 bridgehead atoms. The summed E-state index contributed by atoms with van der Waals surface area (Å²) in [5, 5.41) is 8.95. The van der Waals surface area contributed by atoms with E-state index < -0.39 is 41.6 Å². The minimum atomic E-state index is -2.98. The number of aliphatic carboxylic acids is 1. The van der Waals surface area contributed by atoms with Crippen molar-refractivity contribution in [3.63, 3.8) is 0 Å². The first-order valence-electron chi connectivity index (χ1n) is 5.67. The van der Waals surface area contributed by atoms with Crippen LogP contribution in [0.2, 0.25) is 0 Å². The molecule has 1 heterocycles. The number of carboxylic acid groups (broad SMARTS) is 1. The highest BCUT2D eigenvalue weighted by atomic mass is 19.3. The van der Waals surface area contributed by atoms with E-state index in [2.05, 4.69) is 0 Å². The molecule has 1 N–H and O–H groups in total. The van der Waals surface area contributed by atoms with E-state index >= 15 is 0 Å². The van der Waals surface area contributed by atoms with Crippen LogP contribution in [0, 0.1) is 5.92 Å². The number of ether oxygens (including phenoxy) is 1. The second-order valence-corrected chi connectivity index (χ2v) is 5.70. The highest BCUT2D eigenvalue weighted by molar-refractivity contribution is 5.82. The molecule has 0 spiro atoms. The normalized spacial score (nSPS) is 32.9. The Morgan fingerprint density at radius 2 is 1.94 bits per heavy atom. The Bertz CT molecular complexity index is 404. The molecule has 1 saturated carbocycles. The van der Waals surface area contributed by atoms with Gasteiger partial charge in [-0.05, 0) is 27.2 Å². The third-order valence-corrected chi connectivity index (χ3v) is 3.16. The Hall–Kier alpha value is -1.40. The Kier molecular flexibility index (Phi) is 2.57. The minimum absolute atomic E-state index is 0.216. The lowest BCUT2D eigenvalue weighted by Crippen LogP contribution is -2.47. The van der Waals surface area contributed by atoms with Gasteiger partial charge in [-0.1, -0.05) is 0 Å².